The molecule has 1 aromatic heterocycles. The first-order valence-corrected chi connectivity index (χ1v) is 9.30. The number of carbonyl (C=O) groups excluding carboxylic acids is 2. The average Bonchev–Trinajstić information content (AvgIpc) is 2.64. The number of piperidine rings is 2. The fourth-order valence-electron chi connectivity index (χ4n) is 4.18. The number of methoxy groups -OCH3 is 1. The zero-order valence-corrected chi connectivity index (χ0v) is 15.4. The minimum absolute atomic E-state index is 0.000933. The van der Waals surface area contributed by atoms with Crippen molar-refractivity contribution in [3.05, 3.63) is 23.9 Å². The molecule has 0 unspecified atom stereocenters. The van der Waals surface area contributed by atoms with Crippen LogP contribution in [0.4, 0.5) is 5.82 Å². The van der Waals surface area contributed by atoms with Crippen molar-refractivity contribution in [3.63, 3.8) is 0 Å². The van der Waals surface area contributed by atoms with Gasteiger partial charge in [0.25, 0.3) is 5.91 Å². The summed E-state index contributed by atoms with van der Waals surface area (Å²) >= 11 is 0. The third kappa shape index (κ3) is 4.15. The maximum Gasteiger partial charge on any atom is 0.254 e. The first-order valence-electron chi connectivity index (χ1n) is 9.30. The molecule has 2 fully saturated rings. The normalized spacial score (nSPS) is 23.5. The van der Waals surface area contributed by atoms with E-state index in [1.54, 1.807) is 25.4 Å². The highest BCUT2D eigenvalue weighted by atomic mass is 16.5. The van der Waals surface area contributed by atoms with Gasteiger partial charge in [0.15, 0.2) is 0 Å². The van der Waals surface area contributed by atoms with Gasteiger partial charge >= 0.3 is 0 Å². The highest BCUT2D eigenvalue weighted by molar-refractivity contribution is 5.94. The van der Waals surface area contributed by atoms with E-state index >= 15 is 0 Å². The van der Waals surface area contributed by atoms with Crippen LogP contribution in [0.15, 0.2) is 18.3 Å². The maximum absolute atomic E-state index is 12.9. The van der Waals surface area contributed by atoms with Gasteiger partial charge in [-0.2, -0.15) is 0 Å². The van der Waals surface area contributed by atoms with Crippen LogP contribution in [0, 0.1) is 5.41 Å². The van der Waals surface area contributed by atoms with E-state index in [9.17, 15) is 9.59 Å². The molecule has 2 N–H and O–H groups in total. The molecular weight excluding hydrogens is 332 g/mol. The molecular formula is C19H28N4O3. The molecule has 0 aromatic carbocycles. The summed E-state index contributed by atoms with van der Waals surface area (Å²) in [5.74, 6) is 0.577. The number of hydrogen-bond donors (Lipinski definition) is 1. The molecule has 0 aliphatic carbocycles. The zero-order chi connectivity index (χ0) is 18.6. The molecule has 26 heavy (non-hydrogen) atoms. The Morgan fingerprint density at radius 1 is 1.38 bits per heavy atom. The standard InChI is InChI=1S/C19H28N4O3/c1-26-11-3-10-22-13-19(7-4-17(22)24)6-2-9-23(14-19)18(25)15-5-8-21-16(20)12-15/h5,8,12H,2-4,6-7,9-11,13-14H2,1H3,(H2,20,21)/t19-/m1/s1. The molecule has 2 aliphatic rings. The third-order valence-corrected chi connectivity index (χ3v) is 5.50. The smallest absolute Gasteiger partial charge is 0.254 e. The second kappa shape index (κ2) is 8.03. The van der Waals surface area contributed by atoms with E-state index in [0.717, 1.165) is 45.3 Å². The minimum atomic E-state index is 0.000933. The lowest BCUT2D eigenvalue weighted by Gasteiger charge is -2.48. The van der Waals surface area contributed by atoms with Gasteiger partial charge in [-0.25, -0.2) is 4.98 Å². The Bertz CT molecular complexity index is 666. The van der Waals surface area contributed by atoms with Crippen molar-refractivity contribution in [2.75, 3.05) is 45.6 Å². The van der Waals surface area contributed by atoms with E-state index in [4.69, 9.17) is 10.5 Å². The van der Waals surface area contributed by atoms with Gasteiger partial charge < -0.3 is 20.3 Å². The summed E-state index contributed by atoms with van der Waals surface area (Å²) < 4.78 is 5.11. The summed E-state index contributed by atoms with van der Waals surface area (Å²) in [5.41, 5.74) is 6.31. The molecule has 2 saturated heterocycles. The minimum Gasteiger partial charge on any atom is -0.385 e. The molecule has 1 atom stereocenters. The van der Waals surface area contributed by atoms with Crippen LogP contribution in [-0.4, -0.2) is 66.5 Å². The van der Waals surface area contributed by atoms with Gasteiger partial charge in [0.2, 0.25) is 5.91 Å². The average molecular weight is 360 g/mol. The van der Waals surface area contributed by atoms with E-state index in [1.807, 2.05) is 9.80 Å². The summed E-state index contributed by atoms with van der Waals surface area (Å²) in [5, 5.41) is 0. The van der Waals surface area contributed by atoms with Crippen LogP contribution in [0.5, 0.6) is 0 Å². The van der Waals surface area contributed by atoms with Gasteiger partial charge in [-0.05, 0) is 37.8 Å². The Balaban J connectivity index is 1.68. The van der Waals surface area contributed by atoms with Gasteiger partial charge in [-0.1, -0.05) is 0 Å². The van der Waals surface area contributed by atoms with Gasteiger partial charge in [0.1, 0.15) is 5.82 Å². The molecule has 2 aliphatic heterocycles. The lowest BCUT2D eigenvalue weighted by Crippen LogP contribution is -2.55. The number of nitrogen functional groups attached to an aromatic ring is 1. The number of ether oxygens (including phenoxy) is 1. The predicted octanol–water partition coefficient (Wildman–Crippen LogP) is 1.55. The fourth-order valence-corrected chi connectivity index (χ4v) is 4.18. The second-order valence-electron chi connectivity index (χ2n) is 7.46. The summed E-state index contributed by atoms with van der Waals surface area (Å²) in [4.78, 5) is 33.0. The van der Waals surface area contributed by atoms with Gasteiger partial charge in [0.05, 0.1) is 0 Å². The number of likely N-dealkylation sites (tertiary alicyclic amines) is 2. The topological polar surface area (TPSA) is 88.8 Å². The van der Waals surface area contributed by atoms with Crippen molar-refractivity contribution in [1.29, 1.82) is 0 Å². The molecule has 7 heteroatoms. The largest absolute Gasteiger partial charge is 0.385 e. The summed E-state index contributed by atoms with van der Waals surface area (Å²) in [7, 11) is 1.68. The van der Waals surface area contributed by atoms with Crippen LogP contribution in [0.2, 0.25) is 0 Å². The quantitative estimate of drug-likeness (QED) is 0.805. The number of carbonyl (C=O) groups is 2. The maximum atomic E-state index is 12.9. The van der Waals surface area contributed by atoms with E-state index in [1.165, 1.54) is 0 Å². The number of amides is 2. The monoisotopic (exact) mass is 360 g/mol. The van der Waals surface area contributed by atoms with Crippen LogP contribution >= 0.6 is 0 Å². The molecule has 0 bridgehead atoms. The summed E-state index contributed by atoms with van der Waals surface area (Å²) in [6, 6.07) is 3.34. The van der Waals surface area contributed by atoms with Crippen molar-refractivity contribution in [2.24, 2.45) is 5.41 Å². The highest BCUT2D eigenvalue weighted by Gasteiger charge is 2.42. The number of pyridine rings is 1. The number of nitrogens with two attached hydrogens (primary N) is 1. The van der Waals surface area contributed by atoms with Crippen LogP contribution < -0.4 is 5.73 Å². The van der Waals surface area contributed by atoms with Crippen molar-refractivity contribution < 1.29 is 14.3 Å². The molecule has 1 aromatic rings. The SMILES string of the molecule is COCCCN1C[C@@]2(CCCN(C(=O)c3ccnc(N)c3)C2)CCC1=O. The Morgan fingerprint density at radius 3 is 3.00 bits per heavy atom. The summed E-state index contributed by atoms with van der Waals surface area (Å²) in [6.07, 6.45) is 5.86. The Hall–Kier alpha value is -2.15. The molecule has 3 rings (SSSR count). The van der Waals surface area contributed by atoms with Crippen LogP contribution in [0.3, 0.4) is 0 Å². The van der Waals surface area contributed by atoms with Gasteiger partial charge in [-0.15, -0.1) is 0 Å². The Morgan fingerprint density at radius 2 is 2.23 bits per heavy atom. The Kier molecular flexibility index (Phi) is 5.76. The van der Waals surface area contributed by atoms with E-state index in [-0.39, 0.29) is 17.2 Å². The lowest BCUT2D eigenvalue weighted by atomic mass is 9.73. The number of nitrogens with zero attached hydrogens (tertiary/aromatic N) is 3. The highest BCUT2D eigenvalue weighted by Crippen LogP contribution is 2.39. The summed E-state index contributed by atoms with van der Waals surface area (Å²) in [6.45, 7) is 3.56. The fraction of sp³-hybridized carbons (Fsp3) is 0.632. The van der Waals surface area contributed by atoms with Crippen LogP contribution in [0.1, 0.15) is 42.5 Å². The molecule has 0 radical (unpaired) electrons. The van der Waals surface area contributed by atoms with E-state index in [2.05, 4.69) is 4.98 Å². The van der Waals surface area contributed by atoms with Gasteiger partial charge in [0, 0.05) is 63.5 Å². The van der Waals surface area contributed by atoms with Crippen molar-refractivity contribution in [3.8, 4) is 0 Å². The van der Waals surface area contributed by atoms with Gasteiger partial charge in [-0.3, -0.25) is 9.59 Å². The molecule has 0 saturated carbocycles. The van der Waals surface area contributed by atoms with Crippen LogP contribution in [-0.2, 0) is 9.53 Å². The number of anilines is 1. The third-order valence-electron chi connectivity index (χ3n) is 5.50. The number of hydrogen-bond acceptors (Lipinski definition) is 5. The first-order chi connectivity index (χ1) is 12.5. The predicted molar refractivity (Wildman–Crippen MR) is 98.5 cm³/mol. The zero-order valence-electron chi connectivity index (χ0n) is 15.4. The first kappa shape index (κ1) is 18.6. The molecule has 1 spiro atoms. The van der Waals surface area contributed by atoms with Crippen molar-refractivity contribution in [1.82, 2.24) is 14.8 Å². The molecule has 7 nitrogen and oxygen atoms in total. The lowest BCUT2D eigenvalue weighted by molar-refractivity contribution is -0.139. The van der Waals surface area contributed by atoms with E-state index in [0.29, 0.717) is 31.0 Å². The van der Waals surface area contributed by atoms with Crippen molar-refractivity contribution in [2.45, 2.75) is 32.1 Å². The molecule has 2 amide bonds. The molecule has 3 heterocycles. The Labute approximate surface area is 154 Å². The van der Waals surface area contributed by atoms with Crippen molar-refractivity contribution >= 4 is 17.6 Å². The van der Waals surface area contributed by atoms with Crippen LogP contribution in [0.25, 0.3) is 0 Å². The molecule has 142 valence electrons. The van der Waals surface area contributed by atoms with E-state index < -0.39 is 0 Å². The second-order valence-corrected chi connectivity index (χ2v) is 7.46. The number of aromatic nitrogens is 1. The number of rotatable bonds is 5.